The normalized spacial score (nSPS) is 30.0. The minimum atomic E-state index is -3.20. The molecule has 5 aliphatic rings. The summed E-state index contributed by atoms with van der Waals surface area (Å²) in [5.74, 6) is -7.09. The van der Waals surface area contributed by atoms with E-state index in [-0.39, 0.29) is 25.2 Å². The lowest BCUT2D eigenvalue weighted by molar-refractivity contribution is -0.201. The summed E-state index contributed by atoms with van der Waals surface area (Å²) in [5.41, 5.74) is -0.277. The number of amides is 3. The summed E-state index contributed by atoms with van der Waals surface area (Å²) in [4.78, 5) is 41.7. The first-order valence-corrected chi connectivity index (χ1v) is 14.7. The van der Waals surface area contributed by atoms with Gasteiger partial charge in [-0.15, -0.1) is 0 Å². The average molecular weight is 627 g/mol. The van der Waals surface area contributed by atoms with Crippen LogP contribution in [0, 0.1) is 23.2 Å². The highest BCUT2D eigenvalue weighted by molar-refractivity contribution is 9.10. The fourth-order valence-electron chi connectivity index (χ4n) is 7.19. The van der Waals surface area contributed by atoms with Crippen molar-refractivity contribution in [2.75, 3.05) is 6.54 Å². The molecular weight excluding hydrogens is 598 g/mol. The third-order valence-electron chi connectivity index (χ3n) is 9.12. The van der Waals surface area contributed by atoms with Gasteiger partial charge in [0.1, 0.15) is 12.1 Å². The van der Waals surface area contributed by atoms with Gasteiger partial charge in [-0.1, -0.05) is 46.3 Å². The van der Waals surface area contributed by atoms with Crippen molar-refractivity contribution in [1.29, 1.82) is 5.26 Å². The SMILES string of the molecule is N#C[C@H](C[C@@H]1CCCNC1=O)NC(=O)[C@H]1[C@@H]2CC[C@@H](CC2(F)F)N1C(=O)C1(O)c2ccccc2-c2ccc(Br)cc21. The first kappa shape index (κ1) is 27.8. The number of piperidine rings is 3. The zero-order valence-corrected chi connectivity index (χ0v) is 23.7. The fraction of sp³-hybridized carbons (Fsp3) is 0.467. The zero-order chi connectivity index (χ0) is 29.1. The number of halogens is 3. The fourth-order valence-corrected chi connectivity index (χ4v) is 7.55. The Morgan fingerprint density at radius 2 is 1.93 bits per heavy atom. The van der Waals surface area contributed by atoms with Crippen LogP contribution in [0.1, 0.15) is 49.7 Å². The van der Waals surface area contributed by atoms with Crippen molar-refractivity contribution < 1.29 is 28.3 Å². The van der Waals surface area contributed by atoms with Crippen molar-refractivity contribution >= 4 is 33.7 Å². The Morgan fingerprint density at radius 3 is 2.66 bits per heavy atom. The van der Waals surface area contributed by atoms with Crippen LogP contribution in [-0.4, -0.2) is 58.3 Å². The molecule has 214 valence electrons. The maximum Gasteiger partial charge on any atom is 0.264 e. The van der Waals surface area contributed by atoms with Crippen LogP contribution < -0.4 is 10.6 Å². The molecule has 4 fully saturated rings. The molecule has 2 aliphatic carbocycles. The van der Waals surface area contributed by atoms with E-state index in [1.807, 2.05) is 6.07 Å². The smallest absolute Gasteiger partial charge is 0.264 e. The first-order chi connectivity index (χ1) is 19.6. The molecule has 3 N–H and O–H groups in total. The third-order valence-corrected chi connectivity index (χ3v) is 9.61. The summed E-state index contributed by atoms with van der Waals surface area (Å²) in [6.07, 6.45) is 1.01. The largest absolute Gasteiger partial charge is 0.372 e. The first-order valence-electron chi connectivity index (χ1n) is 13.9. The van der Waals surface area contributed by atoms with Crippen LogP contribution in [0.25, 0.3) is 11.1 Å². The van der Waals surface area contributed by atoms with Crippen molar-refractivity contribution in [2.24, 2.45) is 11.8 Å². The van der Waals surface area contributed by atoms with Crippen LogP contribution in [0.15, 0.2) is 46.9 Å². The quantitative estimate of drug-likeness (QED) is 0.468. The van der Waals surface area contributed by atoms with E-state index in [1.54, 1.807) is 42.5 Å². The second kappa shape index (κ2) is 10.2. The summed E-state index contributed by atoms with van der Waals surface area (Å²) >= 11 is 3.41. The van der Waals surface area contributed by atoms with Crippen molar-refractivity contribution in [3.63, 3.8) is 0 Å². The number of carbonyl (C=O) groups excluding carboxylic acids is 3. The van der Waals surface area contributed by atoms with Crippen molar-refractivity contribution in [3.8, 4) is 17.2 Å². The number of benzene rings is 2. The molecule has 2 bridgehead atoms. The highest BCUT2D eigenvalue weighted by Gasteiger charge is 2.63. The highest BCUT2D eigenvalue weighted by Crippen LogP contribution is 2.54. The Bertz CT molecular complexity index is 1480. The Morgan fingerprint density at radius 1 is 1.17 bits per heavy atom. The zero-order valence-electron chi connectivity index (χ0n) is 22.1. The number of nitrogens with one attached hydrogen (secondary N) is 2. The molecule has 6 atom stereocenters. The Hall–Kier alpha value is -3.36. The topological polar surface area (TPSA) is 123 Å². The van der Waals surface area contributed by atoms with E-state index in [1.165, 1.54) is 0 Å². The number of aliphatic hydroxyl groups is 1. The van der Waals surface area contributed by atoms with E-state index in [9.17, 15) is 24.8 Å². The van der Waals surface area contributed by atoms with Crippen LogP contribution in [0.5, 0.6) is 0 Å². The maximum absolute atomic E-state index is 15.3. The summed E-state index contributed by atoms with van der Waals surface area (Å²) in [5, 5.41) is 27.3. The van der Waals surface area contributed by atoms with Crippen molar-refractivity contribution in [1.82, 2.24) is 15.5 Å². The Kier molecular flexibility index (Phi) is 6.90. The monoisotopic (exact) mass is 626 g/mol. The second-order valence-electron chi connectivity index (χ2n) is 11.5. The third kappa shape index (κ3) is 4.43. The van der Waals surface area contributed by atoms with Crippen LogP contribution >= 0.6 is 15.9 Å². The van der Waals surface area contributed by atoms with Gasteiger partial charge in [-0.2, -0.15) is 5.26 Å². The van der Waals surface area contributed by atoms with Crippen LogP contribution in [0.2, 0.25) is 0 Å². The Balaban J connectivity index is 1.36. The maximum atomic E-state index is 15.3. The van der Waals surface area contributed by atoms with Gasteiger partial charge in [0, 0.05) is 40.5 Å². The van der Waals surface area contributed by atoms with Crippen molar-refractivity contribution in [2.45, 2.75) is 68.2 Å². The molecule has 7 rings (SSSR count). The predicted octanol–water partition coefficient (Wildman–Crippen LogP) is 3.60. The van der Waals surface area contributed by atoms with Crippen LogP contribution in [0.3, 0.4) is 0 Å². The number of fused-ring (bicyclic) bond motifs is 6. The number of nitrogens with zero attached hydrogens (tertiary/aromatic N) is 2. The molecule has 1 unspecified atom stereocenters. The van der Waals surface area contributed by atoms with Gasteiger partial charge >= 0.3 is 0 Å². The van der Waals surface area contributed by atoms with Gasteiger partial charge in [-0.25, -0.2) is 8.78 Å². The number of alkyl halides is 2. The molecule has 1 saturated carbocycles. The summed E-state index contributed by atoms with van der Waals surface area (Å²) in [6, 6.07) is 10.4. The molecule has 0 aromatic heterocycles. The van der Waals surface area contributed by atoms with Gasteiger partial charge in [-0.05, 0) is 55.4 Å². The molecule has 41 heavy (non-hydrogen) atoms. The lowest BCUT2D eigenvalue weighted by Crippen LogP contribution is -2.70. The van der Waals surface area contributed by atoms with Gasteiger partial charge in [0.15, 0.2) is 5.60 Å². The second-order valence-corrected chi connectivity index (χ2v) is 12.4. The molecule has 3 aliphatic heterocycles. The molecule has 11 heteroatoms. The van der Waals surface area contributed by atoms with E-state index < -0.39 is 59.7 Å². The van der Waals surface area contributed by atoms with Gasteiger partial charge in [0.05, 0.1) is 12.0 Å². The van der Waals surface area contributed by atoms with E-state index in [4.69, 9.17) is 0 Å². The number of carbonyl (C=O) groups is 3. The van der Waals surface area contributed by atoms with Gasteiger partial charge in [-0.3, -0.25) is 14.4 Å². The van der Waals surface area contributed by atoms with E-state index in [2.05, 4.69) is 26.6 Å². The molecule has 2 aromatic carbocycles. The highest BCUT2D eigenvalue weighted by atomic mass is 79.9. The lowest BCUT2D eigenvalue weighted by Gasteiger charge is -2.54. The Labute approximate surface area is 244 Å². The lowest BCUT2D eigenvalue weighted by atomic mass is 9.70. The van der Waals surface area contributed by atoms with Crippen LogP contribution in [0.4, 0.5) is 8.78 Å². The number of hydrogen-bond donors (Lipinski definition) is 3. The molecule has 3 heterocycles. The average Bonchev–Trinajstić information content (AvgIpc) is 3.21. The van der Waals surface area contributed by atoms with E-state index in [0.717, 1.165) is 11.3 Å². The molecule has 0 spiro atoms. The molecular formula is C30H29BrF2N4O4. The number of rotatable bonds is 5. The van der Waals surface area contributed by atoms with Gasteiger partial charge in [0.2, 0.25) is 11.8 Å². The van der Waals surface area contributed by atoms with E-state index in [0.29, 0.717) is 39.7 Å². The van der Waals surface area contributed by atoms with Crippen molar-refractivity contribution in [3.05, 3.63) is 58.1 Å². The van der Waals surface area contributed by atoms with E-state index >= 15 is 8.78 Å². The minimum Gasteiger partial charge on any atom is -0.372 e. The molecule has 3 amide bonds. The number of nitriles is 1. The minimum absolute atomic E-state index is 0.0267. The predicted molar refractivity (Wildman–Crippen MR) is 147 cm³/mol. The standard InChI is InChI=1S/C30H29BrF2N4O4/c31-17-7-9-21-20-5-1-2-6-22(20)30(41,24(21)13-17)28(40)37-19-8-10-23(29(32,33)14-19)25(37)27(39)36-18(15-34)12-16-4-3-11-35-26(16)38/h1-2,5-7,9,13,16,18-19,23,25,41H,3-4,8,10-12,14H2,(H,35,38)(H,36,39)/t16-,18-,19-,23-,25+,30?/m0/s1. The van der Waals surface area contributed by atoms with Gasteiger partial charge < -0.3 is 20.6 Å². The molecule has 2 aromatic rings. The summed E-state index contributed by atoms with van der Waals surface area (Å²) in [7, 11) is 0. The van der Waals surface area contributed by atoms with Gasteiger partial charge in [0.25, 0.3) is 11.8 Å². The summed E-state index contributed by atoms with van der Waals surface area (Å²) < 4.78 is 31.2. The molecule has 8 nitrogen and oxygen atoms in total. The molecule has 0 radical (unpaired) electrons. The van der Waals surface area contributed by atoms with Crippen LogP contribution in [-0.2, 0) is 20.0 Å². The molecule has 3 saturated heterocycles. The summed E-state index contributed by atoms with van der Waals surface area (Å²) in [6.45, 7) is 0.544. The number of hydrogen-bond acceptors (Lipinski definition) is 5.